The summed E-state index contributed by atoms with van der Waals surface area (Å²) in [5.74, 6) is -0.0278. The molecule has 1 aromatic rings. The molecule has 1 amide bonds. The molecule has 1 heterocycles. The van der Waals surface area contributed by atoms with Crippen molar-refractivity contribution in [2.45, 2.75) is 50.7 Å². The summed E-state index contributed by atoms with van der Waals surface area (Å²) in [5, 5.41) is 3.05. The first-order valence-electron chi connectivity index (χ1n) is 7.55. The van der Waals surface area contributed by atoms with Gasteiger partial charge in [0.2, 0.25) is 0 Å². The highest BCUT2D eigenvalue weighted by Gasteiger charge is 2.30. The number of carbonyl (C=O) groups excluding carboxylic acids is 1. The minimum absolute atomic E-state index is 0.0278. The van der Waals surface area contributed by atoms with E-state index in [4.69, 9.17) is 10.5 Å². The molecule has 2 aliphatic rings. The molecular weight excluding hydrogens is 252 g/mol. The number of hydrogen-bond acceptors (Lipinski definition) is 3. The van der Waals surface area contributed by atoms with Crippen LogP contribution in [-0.4, -0.2) is 24.7 Å². The standard InChI is InChI=1S/C16H22N2O2/c17-10-12-8-9-15(20-12)16(19)18-14-7-3-5-11-4-1-2-6-13(11)14/h3,5,7,12,15H,1-2,4,6,8-10,17H2,(H,18,19). The average Bonchev–Trinajstić information content (AvgIpc) is 2.97. The summed E-state index contributed by atoms with van der Waals surface area (Å²) < 4.78 is 5.65. The fraction of sp³-hybridized carbons (Fsp3) is 0.562. The molecule has 3 rings (SSSR count). The van der Waals surface area contributed by atoms with Crippen LogP contribution in [-0.2, 0) is 22.4 Å². The zero-order chi connectivity index (χ0) is 13.9. The highest BCUT2D eigenvalue weighted by Crippen LogP contribution is 2.28. The van der Waals surface area contributed by atoms with Crippen LogP contribution in [0.2, 0.25) is 0 Å². The Kier molecular flexibility index (Phi) is 4.03. The summed E-state index contributed by atoms with van der Waals surface area (Å²) in [6.07, 6.45) is 5.96. The Hall–Kier alpha value is -1.39. The van der Waals surface area contributed by atoms with E-state index in [9.17, 15) is 4.79 Å². The maximum absolute atomic E-state index is 12.3. The average molecular weight is 274 g/mol. The van der Waals surface area contributed by atoms with Crippen molar-refractivity contribution in [2.75, 3.05) is 11.9 Å². The molecule has 108 valence electrons. The van der Waals surface area contributed by atoms with Gasteiger partial charge in [0.1, 0.15) is 6.10 Å². The predicted octanol–water partition coefficient (Wildman–Crippen LogP) is 2.01. The van der Waals surface area contributed by atoms with Gasteiger partial charge in [0.15, 0.2) is 0 Å². The summed E-state index contributed by atoms with van der Waals surface area (Å²) in [4.78, 5) is 12.3. The molecule has 4 heteroatoms. The fourth-order valence-corrected chi connectivity index (χ4v) is 3.18. The summed E-state index contributed by atoms with van der Waals surface area (Å²) in [6.45, 7) is 0.491. The Morgan fingerprint density at radius 3 is 2.95 bits per heavy atom. The van der Waals surface area contributed by atoms with Gasteiger partial charge in [-0.3, -0.25) is 4.79 Å². The summed E-state index contributed by atoms with van der Waals surface area (Å²) in [6, 6.07) is 6.19. The number of fused-ring (bicyclic) bond motifs is 1. The number of carbonyl (C=O) groups is 1. The van der Waals surface area contributed by atoms with E-state index >= 15 is 0 Å². The first kappa shape index (κ1) is 13.6. The molecular formula is C16H22N2O2. The molecule has 0 saturated carbocycles. The molecule has 2 atom stereocenters. The van der Waals surface area contributed by atoms with Crippen LogP contribution in [0.5, 0.6) is 0 Å². The molecule has 3 N–H and O–H groups in total. The van der Waals surface area contributed by atoms with Gasteiger partial charge in [0, 0.05) is 12.2 Å². The number of ether oxygens (including phenoxy) is 1. The van der Waals surface area contributed by atoms with Gasteiger partial charge in [-0.05, 0) is 55.7 Å². The van der Waals surface area contributed by atoms with Crippen LogP contribution in [0.1, 0.15) is 36.8 Å². The first-order valence-corrected chi connectivity index (χ1v) is 7.55. The Labute approximate surface area is 119 Å². The topological polar surface area (TPSA) is 64.4 Å². The van der Waals surface area contributed by atoms with Crippen molar-refractivity contribution in [3.05, 3.63) is 29.3 Å². The van der Waals surface area contributed by atoms with Crippen LogP contribution < -0.4 is 11.1 Å². The Balaban J connectivity index is 1.70. The minimum atomic E-state index is -0.344. The summed E-state index contributed by atoms with van der Waals surface area (Å²) >= 11 is 0. The number of aryl methyl sites for hydroxylation is 1. The van der Waals surface area contributed by atoms with E-state index in [0.717, 1.165) is 31.4 Å². The van der Waals surface area contributed by atoms with E-state index in [1.54, 1.807) is 0 Å². The summed E-state index contributed by atoms with van der Waals surface area (Å²) in [5.41, 5.74) is 9.23. The van der Waals surface area contributed by atoms with Crippen LogP contribution in [0.25, 0.3) is 0 Å². The second-order valence-corrected chi connectivity index (χ2v) is 5.70. The first-order chi connectivity index (χ1) is 9.78. The molecule has 1 saturated heterocycles. The molecule has 0 spiro atoms. The van der Waals surface area contributed by atoms with Crippen molar-refractivity contribution in [2.24, 2.45) is 5.73 Å². The normalized spacial score (nSPS) is 25.2. The fourth-order valence-electron chi connectivity index (χ4n) is 3.18. The van der Waals surface area contributed by atoms with Gasteiger partial charge < -0.3 is 15.8 Å². The quantitative estimate of drug-likeness (QED) is 0.886. The second-order valence-electron chi connectivity index (χ2n) is 5.70. The lowest BCUT2D eigenvalue weighted by molar-refractivity contribution is -0.126. The maximum atomic E-state index is 12.3. The summed E-state index contributed by atoms with van der Waals surface area (Å²) in [7, 11) is 0. The van der Waals surface area contributed by atoms with Crippen LogP contribution in [0.15, 0.2) is 18.2 Å². The molecule has 0 bridgehead atoms. The van der Waals surface area contributed by atoms with E-state index in [1.807, 2.05) is 12.1 Å². The number of rotatable bonds is 3. The molecule has 2 unspecified atom stereocenters. The number of hydrogen-bond donors (Lipinski definition) is 2. The van der Waals surface area contributed by atoms with Gasteiger partial charge in [-0.2, -0.15) is 0 Å². The molecule has 1 aliphatic carbocycles. The van der Waals surface area contributed by atoms with E-state index in [0.29, 0.717) is 6.54 Å². The highest BCUT2D eigenvalue weighted by molar-refractivity contribution is 5.95. The van der Waals surface area contributed by atoms with Crippen LogP contribution in [0.4, 0.5) is 5.69 Å². The highest BCUT2D eigenvalue weighted by atomic mass is 16.5. The van der Waals surface area contributed by atoms with Crippen molar-refractivity contribution in [1.82, 2.24) is 0 Å². The lowest BCUT2D eigenvalue weighted by Crippen LogP contribution is -2.30. The van der Waals surface area contributed by atoms with Crippen LogP contribution in [0.3, 0.4) is 0 Å². The molecule has 20 heavy (non-hydrogen) atoms. The van der Waals surface area contributed by atoms with E-state index in [1.165, 1.54) is 24.0 Å². The third-order valence-corrected chi connectivity index (χ3v) is 4.32. The molecule has 1 aliphatic heterocycles. The Morgan fingerprint density at radius 1 is 1.30 bits per heavy atom. The minimum Gasteiger partial charge on any atom is -0.364 e. The van der Waals surface area contributed by atoms with Crippen molar-refractivity contribution in [3.8, 4) is 0 Å². The smallest absolute Gasteiger partial charge is 0.253 e. The zero-order valence-corrected chi connectivity index (χ0v) is 11.7. The lowest BCUT2D eigenvalue weighted by Gasteiger charge is -2.20. The number of nitrogens with one attached hydrogen (secondary N) is 1. The largest absolute Gasteiger partial charge is 0.364 e. The number of anilines is 1. The predicted molar refractivity (Wildman–Crippen MR) is 78.7 cm³/mol. The van der Waals surface area contributed by atoms with Gasteiger partial charge in [-0.25, -0.2) is 0 Å². The van der Waals surface area contributed by atoms with E-state index < -0.39 is 0 Å². The van der Waals surface area contributed by atoms with Gasteiger partial charge in [0.25, 0.3) is 5.91 Å². The van der Waals surface area contributed by atoms with Crippen LogP contribution in [0, 0.1) is 0 Å². The molecule has 1 aromatic carbocycles. The van der Waals surface area contributed by atoms with Crippen molar-refractivity contribution >= 4 is 11.6 Å². The van der Waals surface area contributed by atoms with Gasteiger partial charge in [-0.1, -0.05) is 12.1 Å². The molecule has 0 aromatic heterocycles. The third-order valence-electron chi connectivity index (χ3n) is 4.32. The monoisotopic (exact) mass is 274 g/mol. The van der Waals surface area contributed by atoms with E-state index in [2.05, 4.69) is 11.4 Å². The zero-order valence-electron chi connectivity index (χ0n) is 11.7. The SMILES string of the molecule is NCC1CCC(C(=O)Nc2cccc3c2CCCC3)O1. The second kappa shape index (κ2) is 5.94. The van der Waals surface area contributed by atoms with Gasteiger partial charge in [-0.15, -0.1) is 0 Å². The number of amides is 1. The molecule has 0 radical (unpaired) electrons. The van der Waals surface area contributed by atoms with Gasteiger partial charge >= 0.3 is 0 Å². The van der Waals surface area contributed by atoms with Gasteiger partial charge in [0.05, 0.1) is 6.10 Å². The van der Waals surface area contributed by atoms with Crippen molar-refractivity contribution in [3.63, 3.8) is 0 Å². The third kappa shape index (κ3) is 2.72. The lowest BCUT2D eigenvalue weighted by atomic mass is 9.90. The molecule has 1 fully saturated rings. The maximum Gasteiger partial charge on any atom is 0.253 e. The number of benzene rings is 1. The van der Waals surface area contributed by atoms with Crippen LogP contribution >= 0.6 is 0 Å². The van der Waals surface area contributed by atoms with Crippen molar-refractivity contribution < 1.29 is 9.53 Å². The molecule has 4 nitrogen and oxygen atoms in total. The Bertz CT molecular complexity index is 501. The van der Waals surface area contributed by atoms with Crippen molar-refractivity contribution in [1.29, 1.82) is 0 Å². The number of nitrogens with two attached hydrogens (primary N) is 1. The Morgan fingerprint density at radius 2 is 2.15 bits per heavy atom. The van der Waals surface area contributed by atoms with E-state index in [-0.39, 0.29) is 18.1 Å².